The number of benzene rings is 2. The smallest absolute Gasteiger partial charge is 0.128 e. The summed E-state index contributed by atoms with van der Waals surface area (Å²) in [5.74, 6) is 0.645. The van der Waals surface area contributed by atoms with Gasteiger partial charge in [0.2, 0.25) is 0 Å². The number of fused-ring (bicyclic) bond motifs is 1. The molecule has 1 heterocycles. The van der Waals surface area contributed by atoms with Gasteiger partial charge in [0.25, 0.3) is 0 Å². The Labute approximate surface area is 130 Å². The van der Waals surface area contributed by atoms with E-state index in [1.165, 1.54) is 11.6 Å². The molecular formula is C19H20FNO. The average Bonchev–Trinajstić information content (AvgIpc) is 2.82. The summed E-state index contributed by atoms with van der Waals surface area (Å²) in [7, 11) is 0. The highest BCUT2D eigenvalue weighted by Crippen LogP contribution is 2.26. The Morgan fingerprint density at radius 2 is 1.91 bits per heavy atom. The summed E-state index contributed by atoms with van der Waals surface area (Å²) in [5.41, 5.74) is 3.26. The maximum Gasteiger partial charge on any atom is 0.128 e. The first-order valence-electron chi connectivity index (χ1n) is 7.53. The van der Waals surface area contributed by atoms with Crippen molar-refractivity contribution < 1.29 is 9.13 Å². The van der Waals surface area contributed by atoms with E-state index in [0.29, 0.717) is 12.6 Å². The zero-order valence-electron chi connectivity index (χ0n) is 13.1. The van der Waals surface area contributed by atoms with Crippen molar-refractivity contribution in [2.45, 2.75) is 33.4 Å². The van der Waals surface area contributed by atoms with E-state index in [9.17, 15) is 4.39 Å². The van der Waals surface area contributed by atoms with E-state index < -0.39 is 0 Å². The van der Waals surface area contributed by atoms with Crippen LogP contribution in [0.4, 0.5) is 4.39 Å². The molecule has 3 aromatic rings. The molecule has 0 unspecified atom stereocenters. The van der Waals surface area contributed by atoms with E-state index in [1.54, 1.807) is 6.07 Å². The lowest BCUT2D eigenvalue weighted by atomic mass is 10.2. The molecule has 0 aliphatic rings. The van der Waals surface area contributed by atoms with Crippen LogP contribution in [0, 0.1) is 12.7 Å². The van der Waals surface area contributed by atoms with Crippen molar-refractivity contribution in [3.8, 4) is 5.75 Å². The zero-order valence-corrected chi connectivity index (χ0v) is 13.1. The van der Waals surface area contributed by atoms with Gasteiger partial charge >= 0.3 is 0 Å². The second-order valence-corrected chi connectivity index (χ2v) is 5.91. The van der Waals surface area contributed by atoms with E-state index in [1.807, 2.05) is 43.3 Å². The highest BCUT2D eigenvalue weighted by Gasteiger charge is 2.12. The standard InChI is InChI=1S/C19H20FNO/c1-13(2)21-17(11-15-10-16(20)7-8-19(15)21)12-22-18-6-4-5-14(3)9-18/h4-11,13H,12H2,1-3H3. The lowest BCUT2D eigenvalue weighted by molar-refractivity contribution is 0.293. The third-order valence-electron chi connectivity index (χ3n) is 3.77. The number of rotatable bonds is 4. The van der Waals surface area contributed by atoms with Crippen LogP contribution in [0.25, 0.3) is 10.9 Å². The Morgan fingerprint density at radius 1 is 1.09 bits per heavy atom. The van der Waals surface area contributed by atoms with E-state index in [4.69, 9.17) is 4.74 Å². The van der Waals surface area contributed by atoms with Gasteiger partial charge in [-0.2, -0.15) is 0 Å². The van der Waals surface area contributed by atoms with Gasteiger partial charge in [-0.15, -0.1) is 0 Å². The number of ether oxygens (including phenoxy) is 1. The minimum Gasteiger partial charge on any atom is -0.487 e. The number of aromatic nitrogens is 1. The van der Waals surface area contributed by atoms with E-state index >= 15 is 0 Å². The first-order chi connectivity index (χ1) is 10.5. The van der Waals surface area contributed by atoms with E-state index in [0.717, 1.165) is 22.3 Å². The first kappa shape index (κ1) is 14.6. The molecule has 0 saturated carbocycles. The molecule has 0 saturated heterocycles. The minimum atomic E-state index is -0.209. The van der Waals surface area contributed by atoms with Crippen molar-refractivity contribution in [1.82, 2.24) is 4.57 Å². The van der Waals surface area contributed by atoms with Crippen molar-refractivity contribution in [1.29, 1.82) is 0 Å². The van der Waals surface area contributed by atoms with Crippen LogP contribution in [0.15, 0.2) is 48.5 Å². The molecule has 2 aromatic carbocycles. The molecule has 0 amide bonds. The monoisotopic (exact) mass is 297 g/mol. The van der Waals surface area contributed by atoms with Gasteiger partial charge in [-0.05, 0) is 62.7 Å². The summed E-state index contributed by atoms with van der Waals surface area (Å²) in [6.07, 6.45) is 0. The van der Waals surface area contributed by atoms with E-state index in [-0.39, 0.29) is 5.82 Å². The van der Waals surface area contributed by atoms with Crippen molar-refractivity contribution in [3.63, 3.8) is 0 Å². The van der Waals surface area contributed by atoms with Crippen LogP contribution in [0.2, 0.25) is 0 Å². The lowest BCUT2D eigenvalue weighted by Crippen LogP contribution is -2.08. The maximum absolute atomic E-state index is 13.4. The predicted octanol–water partition coefficient (Wildman–Crippen LogP) is 5.25. The third-order valence-corrected chi connectivity index (χ3v) is 3.77. The van der Waals surface area contributed by atoms with Crippen molar-refractivity contribution in [2.24, 2.45) is 0 Å². The van der Waals surface area contributed by atoms with Crippen molar-refractivity contribution in [2.75, 3.05) is 0 Å². The maximum atomic E-state index is 13.4. The normalized spacial score (nSPS) is 11.3. The van der Waals surface area contributed by atoms with Gasteiger partial charge in [-0.25, -0.2) is 4.39 Å². The van der Waals surface area contributed by atoms with Gasteiger partial charge in [0.1, 0.15) is 18.2 Å². The second kappa shape index (κ2) is 5.84. The Morgan fingerprint density at radius 3 is 2.64 bits per heavy atom. The number of hydrogen-bond acceptors (Lipinski definition) is 1. The molecule has 0 aliphatic carbocycles. The summed E-state index contributed by atoms with van der Waals surface area (Å²) in [6, 6.07) is 15.2. The largest absolute Gasteiger partial charge is 0.487 e. The van der Waals surface area contributed by atoms with Crippen molar-refractivity contribution >= 4 is 10.9 Å². The fourth-order valence-electron chi connectivity index (χ4n) is 2.85. The molecule has 0 spiro atoms. The van der Waals surface area contributed by atoms with Crippen LogP contribution in [0.3, 0.4) is 0 Å². The fourth-order valence-corrected chi connectivity index (χ4v) is 2.85. The molecule has 0 N–H and O–H groups in total. The summed E-state index contributed by atoms with van der Waals surface area (Å²) in [4.78, 5) is 0. The predicted molar refractivity (Wildman–Crippen MR) is 87.8 cm³/mol. The van der Waals surface area contributed by atoms with Gasteiger partial charge in [0.05, 0.1) is 5.69 Å². The van der Waals surface area contributed by atoms with Crippen LogP contribution < -0.4 is 4.74 Å². The second-order valence-electron chi connectivity index (χ2n) is 5.91. The van der Waals surface area contributed by atoms with Gasteiger partial charge in [-0.3, -0.25) is 0 Å². The Balaban J connectivity index is 1.94. The molecule has 2 nitrogen and oxygen atoms in total. The molecule has 22 heavy (non-hydrogen) atoms. The minimum absolute atomic E-state index is 0.209. The van der Waals surface area contributed by atoms with Crippen LogP contribution >= 0.6 is 0 Å². The van der Waals surface area contributed by atoms with E-state index in [2.05, 4.69) is 18.4 Å². The van der Waals surface area contributed by atoms with Crippen LogP contribution in [-0.2, 0) is 6.61 Å². The molecule has 0 bridgehead atoms. The number of aryl methyl sites for hydroxylation is 1. The third kappa shape index (κ3) is 2.84. The van der Waals surface area contributed by atoms with Crippen LogP contribution in [0.5, 0.6) is 5.75 Å². The van der Waals surface area contributed by atoms with Gasteiger partial charge < -0.3 is 9.30 Å². The summed E-state index contributed by atoms with van der Waals surface area (Å²) < 4.78 is 21.5. The first-order valence-corrected chi connectivity index (χ1v) is 7.53. The summed E-state index contributed by atoms with van der Waals surface area (Å²) in [5, 5.41) is 0.913. The Hall–Kier alpha value is -2.29. The highest BCUT2D eigenvalue weighted by molar-refractivity contribution is 5.81. The fraction of sp³-hybridized carbons (Fsp3) is 0.263. The molecule has 0 atom stereocenters. The van der Waals surface area contributed by atoms with Crippen molar-refractivity contribution in [3.05, 3.63) is 65.6 Å². The molecule has 1 aromatic heterocycles. The van der Waals surface area contributed by atoms with Crippen LogP contribution in [-0.4, -0.2) is 4.57 Å². The number of nitrogens with zero attached hydrogens (tertiary/aromatic N) is 1. The summed E-state index contributed by atoms with van der Waals surface area (Å²) in [6.45, 7) is 6.76. The topological polar surface area (TPSA) is 14.2 Å². The molecule has 3 heteroatoms. The van der Waals surface area contributed by atoms with Crippen LogP contribution in [0.1, 0.15) is 31.1 Å². The van der Waals surface area contributed by atoms with Gasteiger partial charge in [-0.1, -0.05) is 12.1 Å². The molecular weight excluding hydrogens is 277 g/mol. The lowest BCUT2D eigenvalue weighted by Gasteiger charge is -2.15. The molecule has 0 fully saturated rings. The molecule has 0 aliphatic heterocycles. The summed E-state index contributed by atoms with van der Waals surface area (Å²) >= 11 is 0. The average molecular weight is 297 g/mol. The highest BCUT2D eigenvalue weighted by atomic mass is 19.1. The quantitative estimate of drug-likeness (QED) is 0.641. The molecule has 3 rings (SSSR count). The Kier molecular flexibility index (Phi) is 3.88. The zero-order chi connectivity index (χ0) is 15.7. The van der Waals surface area contributed by atoms with Gasteiger partial charge in [0, 0.05) is 16.9 Å². The Bertz CT molecular complexity index is 804. The number of hydrogen-bond donors (Lipinski definition) is 0. The SMILES string of the molecule is Cc1cccc(OCc2cc3cc(F)ccc3n2C(C)C)c1. The molecule has 0 radical (unpaired) electrons. The number of halogens is 1. The molecule has 114 valence electrons. The van der Waals surface area contributed by atoms with Gasteiger partial charge in [0.15, 0.2) is 0 Å².